The molecule has 0 aliphatic heterocycles. The highest BCUT2D eigenvalue weighted by molar-refractivity contribution is 7.26. The normalized spacial score (nSPS) is 12.4. The zero-order valence-corrected chi connectivity index (χ0v) is 80.2. The Hall–Kier alpha value is -17.7. The molecule has 0 aliphatic rings. The van der Waals surface area contributed by atoms with Crippen LogP contribution in [0.15, 0.2) is 414 Å². The molecule has 34 rings (SSSR count). The van der Waals surface area contributed by atoms with Crippen LogP contribution in [-0.4, -0.2) is 43.6 Å². The summed E-state index contributed by atoms with van der Waals surface area (Å²) in [6, 6.07) is 141. The molecule has 0 bridgehead atoms. The lowest BCUT2D eigenvalue weighted by molar-refractivity contribution is 0.671. The maximum Gasteiger partial charge on any atom is 0.176 e. The summed E-state index contributed by atoms with van der Waals surface area (Å²) in [5.41, 5.74) is 16.3. The van der Waals surface area contributed by atoms with Crippen LogP contribution >= 0.6 is 57.5 Å². The van der Waals surface area contributed by atoms with Crippen molar-refractivity contribution in [1.82, 2.24) is 43.6 Å². The molecule has 145 heavy (non-hydrogen) atoms. The molecule has 0 amide bonds. The van der Waals surface area contributed by atoms with Gasteiger partial charge in [0.2, 0.25) is 0 Å². The molecule has 0 unspecified atom stereocenters. The summed E-state index contributed by atoms with van der Waals surface area (Å²) in [5.74, 6) is 1.75. The van der Waals surface area contributed by atoms with Gasteiger partial charge in [0, 0.05) is 101 Å². The number of furan rings is 3. The van der Waals surface area contributed by atoms with Gasteiger partial charge in [-0.15, -0.1) is 22.7 Å². The molecule has 0 saturated carbocycles. The van der Waals surface area contributed by atoms with Crippen molar-refractivity contribution in [3.05, 3.63) is 416 Å². The van der Waals surface area contributed by atoms with Gasteiger partial charge in [-0.3, -0.25) is 13.7 Å². The summed E-state index contributed by atoms with van der Waals surface area (Å²) >= 11 is 24.9. The van der Waals surface area contributed by atoms with E-state index in [2.05, 4.69) is 396 Å². The first-order chi connectivity index (χ1) is 71.7. The molecule has 17 heteroatoms. The van der Waals surface area contributed by atoms with E-state index in [1.165, 1.54) is 47.8 Å². The highest BCUT2D eigenvalue weighted by Crippen LogP contribution is 2.55. The summed E-state index contributed by atoms with van der Waals surface area (Å²) in [6.45, 7) is 0. The quantitative estimate of drug-likeness (QED) is 0.158. The molecular weight excluding hydrogens is 1880 g/mol. The Labute approximate surface area is 842 Å². The van der Waals surface area contributed by atoms with Crippen LogP contribution in [0.5, 0.6) is 0 Å². The van der Waals surface area contributed by atoms with Crippen molar-refractivity contribution in [3.8, 4) is 28.6 Å². The second-order valence-corrected chi connectivity index (χ2v) is 40.6. The van der Waals surface area contributed by atoms with E-state index in [0.717, 1.165) is 254 Å². The molecule has 11 heterocycles. The smallest absolute Gasteiger partial charge is 0.176 e. The molecule has 0 fully saturated rings. The van der Waals surface area contributed by atoms with Gasteiger partial charge in [0.15, 0.2) is 49.7 Å². The van der Waals surface area contributed by atoms with Gasteiger partial charge in [-0.05, 0) is 151 Å². The van der Waals surface area contributed by atoms with Crippen molar-refractivity contribution in [1.29, 1.82) is 0 Å². The zero-order chi connectivity index (χ0) is 95.0. The molecule has 34 aromatic rings. The third-order valence-electron chi connectivity index (χ3n) is 30.0. The SMILES string of the molecule is Clc1nc2c3ccccc3c3ccccc3c2nc1-n1c2ccc(-c3ccccc3)cc2c2c3ccccc3c3c(oc4ccc5ccccc5c43)c21.Clc1nc2sc3c4ccccc4c4ccccc4c3c2nc1-n1c2ccccc2c2c3ccccc3c3c(oc4ccc5ccccc5c43)c21.Clc1nc2sc3ccccc3c2nc1-n1c2ccccc2c2c3ccccc3c3c(oc4ccc5ccccc5c43)c21. The van der Waals surface area contributed by atoms with E-state index in [1.54, 1.807) is 22.7 Å². The van der Waals surface area contributed by atoms with E-state index < -0.39 is 0 Å². The average molecular weight is 1950 g/mol. The van der Waals surface area contributed by atoms with E-state index in [4.69, 9.17) is 78.0 Å². The number of benzene rings is 23. The van der Waals surface area contributed by atoms with Gasteiger partial charge in [-0.2, -0.15) is 0 Å². The van der Waals surface area contributed by atoms with Crippen molar-refractivity contribution in [2.75, 3.05) is 0 Å². The fraction of sp³-hybridized carbons (Fsp3) is 0. The number of para-hydroxylation sites is 2. The van der Waals surface area contributed by atoms with Gasteiger partial charge >= 0.3 is 0 Å². The van der Waals surface area contributed by atoms with E-state index in [0.29, 0.717) is 32.9 Å². The van der Waals surface area contributed by atoms with E-state index >= 15 is 0 Å². The lowest BCUT2D eigenvalue weighted by Gasteiger charge is -2.14. The number of halogens is 3. The van der Waals surface area contributed by atoms with Gasteiger partial charge < -0.3 is 13.3 Å². The van der Waals surface area contributed by atoms with Crippen LogP contribution < -0.4 is 0 Å². The number of rotatable bonds is 4. The minimum atomic E-state index is 0.326. The summed E-state index contributed by atoms with van der Waals surface area (Å²) < 4.78 is 29.7. The molecule has 0 saturated heterocycles. The second-order valence-electron chi connectivity index (χ2n) is 37.4. The summed E-state index contributed by atoms with van der Waals surface area (Å²) in [4.78, 5) is 33.0. The Morgan fingerprint density at radius 2 is 0.517 bits per heavy atom. The van der Waals surface area contributed by atoms with Crippen molar-refractivity contribution in [2.24, 2.45) is 0 Å². The number of hydrogen-bond donors (Lipinski definition) is 0. The maximum atomic E-state index is 7.38. The van der Waals surface area contributed by atoms with Crippen molar-refractivity contribution in [2.45, 2.75) is 0 Å². The highest BCUT2D eigenvalue weighted by Gasteiger charge is 2.33. The van der Waals surface area contributed by atoms with Gasteiger partial charge in [-0.1, -0.05) is 387 Å². The first-order valence-corrected chi connectivity index (χ1v) is 51.0. The predicted molar refractivity (Wildman–Crippen MR) is 610 cm³/mol. The number of nitrogens with zero attached hydrogens (tertiary/aromatic N) is 9. The third kappa shape index (κ3) is 11.4. The van der Waals surface area contributed by atoms with Crippen LogP contribution in [-0.2, 0) is 0 Å². The number of fused-ring (bicyclic) bond motifs is 53. The van der Waals surface area contributed by atoms with E-state index in [9.17, 15) is 0 Å². The second kappa shape index (κ2) is 30.6. The van der Waals surface area contributed by atoms with Crippen LogP contribution in [0.4, 0.5) is 0 Å². The van der Waals surface area contributed by atoms with Gasteiger partial charge in [-0.25, -0.2) is 29.9 Å². The molecule has 11 aromatic heterocycles. The van der Waals surface area contributed by atoms with Crippen LogP contribution in [0.3, 0.4) is 0 Å². The van der Waals surface area contributed by atoms with E-state index in [1.807, 2.05) is 18.2 Å². The first-order valence-electron chi connectivity index (χ1n) is 48.2. The standard InChI is InChI=1S/C48H26ClN3O.C44H22ClN3OS.C36H18ClN3OS/c49-47-48(51-44-36-21-11-7-17-32(36)31-16-6-10-20-35(31)43(44)50-47)52-38-24-22-29(27-12-2-1-3-13-27)26-37(38)40-33-18-8-9-19-34(33)42-41-30-15-5-4-14-28(30)23-25-39(41)53-46(42)45(40)52;45-42-43(46-38-37-27-15-5-3-13-25(27)26-14-4-8-18-30(26)41(37)50-44(38)47-42)48-32-20-10-9-19-31(32)34-28-16-6-7-17-29(28)36-35-24-12-2-1-11-23(24)21-22-33(35)49-40(36)39(34)48;37-34-35(38-31-24-14-6-8-16-27(24)42-36(31)39-34)40-25-15-7-5-13-23(25)28-21-11-3-4-12-22(21)30-29-20-10-2-1-9-19(20)17-18-26(29)41-33(30)32(28)40/h1-26H;1-22H;1-18H. The highest BCUT2D eigenvalue weighted by atomic mass is 35.5. The predicted octanol–water partition coefficient (Wildman–Crippen LogP) is 37.5. The van der Waals surface area contributed by atoms with Crippen molar-refractivity contribution < 1.29 is 13.3 Å². The first kappa shape index (κ1) is 81.0. The molecule has 674 valence electrons. The Kier molecular flexibility index (Phi) is 17.1. The zero-order valence-electron chi connectivity index (χ0n) is 76.3. The molecule has 0 atom stereocenters. The third-order valence-corrected chi connectivity index (χ3v) is 32.9. The summed E-state index contributed by atoms with van der Waals surface area (Å²) in [5, 5.41) is 39.5. The topological polar surface area (TPSA) is 132 Å². The lowest BCUT2D eigenvalue weighted by Crippen LogP contribution is -2.02. The van der Waals surface area contributed by atoms with Gasteiger partial charge in [0.1, 0.15) is 37.4 Å². The van der Waals surface area contributed by atoms with Crippen molar-refractivity contribution >= 4 is 348 Å². The largest absolute Gasteiger partial charge is 0.454 e. The molecule has 23 aromatic carbocycles. The number of aromatic nitrogens is 9. The molecular formula is C128H66Cl3N9O3S2. The minimum absolute atomic E-state index is 0.326. The summed E-state index contributed by atoms with van der Waals surface area (Å²) in [7, 11) is 0. The molecule has 12 nitrogen and oxygen atoms in total. The monoisotopic (exact) mass is 1950 g/mol. The van der Waals surface area contributed by atoms with Gasteiger partial charge in [0.25, 0.3) is 0 Å². The van der Waals surface area contributed by atoms with Crippen LogP contribution in [0.25, 0.3) is 319 Å². The Morgan fingerprint density at radius 3 is 0.979 bits per heavy atom. The molecule has 0 N–H and O–H groups in total. The number of hydrogen-bond acceptors (Lipinski definition) is 11. The fourth-order valence-electron chi connectivity index (χ4n) is 24.1. The van der Waals surface area contributed by atoms with Crippen molar-refractivity contribution in [3.63, 3.8) is 0 Å². The van der Waals surface area contributed by atoms with Crippen LogP contribution in [0.1, 0.15) is 0 Å². The lowest BCUT2D eigenvalue weighted by atomic mass is 9.96. The Morgan fingerprint density at radius 1 is 0.200 bits per heavy atom. The molecule has 0 aliphatic carbocycles. The Bertz CT molecular complexity index is 11800. The number of thiophene rings is 2. The minimum Gasteiger partial charge on any atom is -0.454 e. The molecule has 0 radical (unpaired) electrons. The van der Waals surface area contributed by atoms with Gasteiger partial charge in [0.05, 0.1) is 44.1 Å². The van der Waals surface area contributed by atoms with Crippen LogP contribution in [0, 0.1) is 0 Å². The van der Waals surface area contributed by atoms with E-state index in [-0.39, 0.29) is 0 Å². The maximum absolute atomic E-state index is 7.38. The average Bonchev–Trinajstić information content (AvgIpc) is 1.54. The fourth-order valence-corrected chi connectivity index (χ4v) is 27.0. The van der Waals surface area contributed by atoms with Crippen LogP contribution in [0.2, 0.25) is 15.5 Å². The molecule has 0 spiro atoms. The Balaban J connectivity index is 0.0000000978. The summed E-state index contributed by atoms with van der Waals surface area (Å²) in [6.07, 6.45) is 0.